The van der Waals surface area contributed by atoms with Gasteiger partial charge in [-0.15, -0.1) is 0 Å². The van der Waals surface area contributed by atoms with Crippen LogP contribution in [0.4, 0.5) is 5.69 Å². The van der Waals surface area contributed by atoms with Crippen LogP contribution in [0.2, 0.25) is 0 Å². The largest absolute Gasteiger partial charge is 0.371 e. The van der Waals surface area contributed by atoms with E-state index in [1.54, 1.807) is 0 Å². The topological polar surface area (TPSA) is 29.3 Å². The van der Waals surface area contributed by atoms with Crippen LogP contribution < -0.4 is 10.6 Å². The summed E-state index contributed by atoms with van der Waals surface area (Å²) in [6.07, 6.45) is 6.24. The summed E-state index contributed by atoms with van der Waals surface area (Å²) in [6.45, 7) is 7.64. The van der Waals surface area contributed by atoms with Gasteiger partial charge in [0.15, 0.2) is 0 Å². The monoisotopic (exact) mass is 260 g/mol. The first kappa shape index (κ1) is 14.4. The minimum atomic E-state index is 0.242. The van der Waals surface area contributed by atoms with Crippen LogP contribution in [0.1, 0.15) is 45.1 Å². The van der Waals surface area contributed by atoms with Crippen molar-refractivity contribution in [3.05, 3.63) is 29.8 Å². The second kappa shape index (κ2) is 6.42. The maximum absolute atomic E-state index is 6.04. The molecule has 1 unspecified atom stereocenters. The Morgan fingerprint density at radius 1 is 1.26 bits per heavy atom. The van der Waals surface area contributed by atoms with Gasteiger partial charge in [0.2, 0.25) is 0 Å². The van der Waals surface area contributed by atoms with E-state index in [1.807, 2.05) is 0 Å². The molecule has 0 bridgehead atoms. The van der Waals surface area contributed by atoms with Crippen LogP contribution in [0.5, 0.6) is 0 Å². The van der Waals surface area contributed by atoms with Gasteiger partial charge in [-0.05, 0) is 49.3 Å². The number of anilines is 1. The van der Waals surface area contributed by atoms with Crippen LogP contribution in [-0.4, -0.2) is 19.6 Å². The Morgan fingerprint density at radius 3 is 2.79 bits per heavy atom. The summed E-state index contributed by atoms with van der Waals surface area (Å²) in [7, 11) is 0. The molecule has 0 aliphatic carbocycles. The molecule has 0 radical (unpaired) electrons. The number of nitrogens with two attached hydrogens (primary N) is 1. The summed E-state index contributed by atoms with van der Waals surface area (Å²) in [5, 5.41) is 0. The highest BCUT2D eigenvalue weighted by Crippen LogP contribution is 2.31. The SMILES string of the molecule is CCCC(C)(CN)CN1CCCCc2ccccc21. The highest BCUT2D eigenvalue weighted by Gasteiger charge is 2.26. The average molecular weight is 260 g/mol. The molecular formula is C17H28N2. The van der Waals surface area contributed by atoms with Crippen LogP contribution in [0.15, 0.2) is 24.3 Å². The van der Waals surface area contributed by atoms with Gasteiger partial charge in [-0.1, -0.05) is 38.5 Å². The van der Waals surface area contributed by atoms with Gasteiger partial charge in [0.05, 0.1) is 0 Å². The van der Waals surface area contributed by atoms with E-state index in [9.17, 15) is 0 Å². The Kier molecular flexibility index (Phi) is 4.87. The van der Waals surface area contributed by atoms with Crippen molar-refractivity contribution in [1.29, 1.82) is 0 Å². The molecule has 1 aliphatic heterocycles. The zero-order valence-electron chi connectivity index (χ0n) is 12.5. The fraction of sp³-hybridized carbons (Fsp3) is 0.647. The maximum Gasteiger partial charge on any atom is 0.0398 e. The van der Waals surface area contributed by atoms with Crippen molar-refractivity contribution in [2.75, 3.05) is 24.5 Å². The normalized spacial score (nSPS) is 18.6. The minimum Gasteiger partial charge on any atom is -0.371 e. The number of para-hydroxylation sites is 1. The van der Waals surface area contributed by atoms with E-state index in [4.69, 9.17) is 5.73 Å². The van der Waals surface area contributed by atoms with Crippen LogP contribution in [0.3, 0.4) is 0 Å². The summed E-state index contributed by atoms with van der Waals surface area (Å²) in [6, 6.07) is 8.89. The van der Waals surface area contributed by atoms with E-state index in [0.717, 1.165) is 13.1 Å². The molecule has 1 aromatic carbocycles. The number of hydrogen-bond donors (Lipinski definition) is 1. The van der Waals surface area contributed by atoms with Crippen molar-refractivity contribution < 1.29 is 0 Å². The zero-order chi connectivity index (χ0) is 13.7. The molecule has 2 rings (SSSR count). The average Bonchev–Trinajstić information content (AvgIpc) is 2.62. The quantitative estimate of drug-likeness (QED) is 0.876. The van der Waals surface area contributed by atoms with Gasteiger partial charge < -0.3 is 10.6 Å². The van der Waals surface area contributed by atoms with Crippen molar-refractivity contribution in [2.45, 2.75) is 46.0 Å². The number of benzene rings is 1. The predicted molar refractivity (Wildman–Crippen MR) is 83.7 cm³/mol. The molecule has 2 N–H and O–H groups in total. The van der Waals surface area contributed by atoms with Crippen molar-refractivity contribution in [1.82, 2.24) is 0 Å². The van der Waals surface area contributed by atoms with Crippen LogP contribution in [-0.2, 0) is 6.42 Å². The highest BCUT2D eigenvalue weighted by atomic mass is 15.1. The lowest BCUT2D eigenvalue weighted by Gasteiger charge is -2.36. The first-order valence-corrected chi connectivity index (χ1v) is 7.71. The number of hydrogen-bond acceptors (Lipinski definition) is 2. The van der Waals surface area contributed by atoms with Crippen molar-refractivity contribution in [2.24, 2.45) is 11.1 Å². The third-order valence-corrected chi connectivity index (χ3v) is 4.38. The molecule has 0 saturated heterocycles. The zero-order valence-corrected chi connectivity index (χ0v) is 12.5. The molecule has 19 heavy (non-hydrogen) atoms. The summed E-state index contributed by atoms with van der Waals surface area (Å²) >= 11 is 0. The lowest BCUT2D eigenvalue weighted by molar-refractivity contribution is 0.307. The molecule has 0 amide bonds. The van der Waals surface area contributed by atoms with E-state index in [0.29, 0.717) is 0 Å². The summed E-state index contributed by atoms with van der Waals surface area (Å²) < 4.78 is 0. The second-order valence-corrected chi connectivity index (χ2v) is 6.27. The molecule has 1 aromatic rings. The second-order valence-electron chi connectivity index (χ2n) is 6.27. The van der Waals surface area contributed by atoms with Gasteiger partial charge in [0.25, 0.3) is 0 Å². The van der Waals surface area contributed by atoms with Crippen LogP contribution >= 0.6 is 0 Å². The van der Waals surface area contributed by atoms with Crippen LogP contribution in [0, 0.1) is 5.41 Å². The lowest BCUT2D eigenvalue weighted by atomic mass is 9.85. The van der Waals surface area contributed by atoms with Crippen LogP contribution in [0.25, 0.3) is 0 Å². The summed E-state index contributed by atoms with van der Waals surface area (Å²) in [5.41, 5.74) is 9.24. The number of fused-ring (bicyclic) bond motifs is 1. The van der Waals surface area contributed by atoms with Gasteiger partial charge in [-0.3, -0.25) is 0 Å². The Hall–Kier alpha value is -1.02. The number of aryl methyl sites for hydroxylation is 1. The maximum atomic E-state index is 6.04. The smallest absolute Gasteiger partial charge is 0.0398 e. The molecular weight excluding hydrogens is 232 g/mol. The van der Waals surface area contributed by atoms with Crippen molar-refractivity contribution >= 4 is 5.69 Å². The Balaban J connectivity index is 2.19. The summed E-state index contributed by atoms with van der Waals surface area (Å²) in [5.74, 6) is 0. The Bertz CT molecular complexity index is 402. The predicted octanol–water partition coefficient (Wildman–Crippen LogP) is 3.59. The van der Waals surface area contributed by atoms with Gasteiger partial charge >= 0.3 is 0 Å². The highest BCUT2D eigenvalue weighted by molar-refractivity contribution is 5.54. The molecule has 1 atom stereocenters. The third-order valence-electron chi connectivity index (χ3n) is 4.38. The molecule has 1 aliphatic rings. The Morgan fingerprint density at radius 2 is 2.05 bits per heavy atom. The molecule has 0 aromatic heterocycles. The van der Waals surface area contributed by atoms with Gasteiger partial charge in [0.1, 0.15) is 0 Å². The fourth-order valence-electron chi connectivity index (χ4n) is 3.24. The minimum absolute atomic E-state index is 0.242. The molecule has 106 valence electrons. The van der Waals surface area contributed by atoms with E-state index in [2.05, 4.69) is 43.0 Å². The molecule has 0 saturated carbocycles. The standard InChI is InChI=1S/C17H28N2/c1-3-11-17(2,13-18)14-19-12-7-6-9-15-8-4-5-10-16(15)19/h4-5,8,10H,3,6-7,9,11-14,18H2,1-2H3. The first-order chi connectivity index (χ1) is 9.18. The van der Waals surface area contributed by atoms with Gasteiger partial charge in [0, 0.05) is 18.8 Å². The van der Waals surface area contributed by atoms with Crippen molar-refractivity contribution in [3.63, 3.8) is 0 Å². The van der Waals surface area contributed by atoms with E-state index < -0.39 is 0 Å². The molecule has 0 spiro atoms. The van der Waals surface area contributed by atoms with Gasteiger partial charge in [-0.2, -0.15) is 0 Å². The van der Waals surface area contributed by atoms with E-state index in [1.165, 1.54) is 49.9 Å². The first-order valence-electron chi connectivity index (χ1n) is 7.71. The fourth-order valence-corrected chi connectivity index (χ4v) is 3.24. The molecule has 2 heteroatoms. The molecule has 1 heterocycles. The number of rotatable bonds is 5. The third kappa shape index (κ3) is 3.50. The molecule has 0 fully saturated rings. The molecule has 2 nitrogen and oxygen atoms in total. The number of nitrogens with zero attached hydrogens (tertiary/aromatic N) is 1. The van der Waals surface area contributed by atoms with E-state index >= 15 is 0 Å². The van der Waals surface area contributed by atoms with Crippen molar-refractivity contribution in [3.8, 4) is 0 Å². The lowest BCUT2D eigenvalue weighted by Crippen LogP contribution is -2.41. The summed E-state index contributed by atoms with van der Waals surface area (Å²) in [4.78, 5) is 2.57. The Labute approximate surface area is 118 Å². The van der Waals surface area contributed by atoms with Gasteiger partial charge in [-0.25, -0.2) is 0 Å². The van der Waals surface area contributed by atoms with E-state index in [-0.39, 0.29) is 5.41 Å².